The molecule has 7 rings (SSSR count). The number of rotatable bonds is 10. The van der Waals surface area contributed by atoms with Crippen LogP contribution in [0.25, 0.3) is 22.5 Å². The van der Waals surface area contributed by atoms with Gasteiger partial charge in [0.2, 0.25) is 11.7 Å². The Kier molecular flexibility index (Phi) is 8.80. The highest BCUT2D eigenvalue weighted by Gasteiger charge is 2.31. The number of methoxy groups -OCH3 is 1. The van der Waals surface area contributed by atoms with E-state index in [0.29, 0.717) is 29.6 Å². The van der Waals surface area contributed by atoms with E-state index >= 15 is 0 Å². The lowest BCUT2D eigenvalue weighted by molar-refractivity contribution is -0.139. The maximum absolute atomic E-state index is 11.8. The number of piperidine rings is 1. The molecule has 0 radical (unpaired) electrons. The SMILES string of the molecule is COC(=O)Cc1cccc(-c2ccnc(N[C@@H]3CCCC[C@H]3C[C@H]3CCCN(c4ccc(-c5noc(C6CC6)n5)cc4)C3)c2)c1. The fourth-order valence-electron chi connectivity index (χ4n) is 7.25. The number of nitrogens with zero attached hydrogens (tertiary/aromatic N) is 4. The molecule has 3 heterocycles. The van der Waals surface area contributed by atoms with Crippen LogP contribution in [0.2, 0.25) is 0 Å². The summed E-state index contributed by atoms with van der Waals surface area (Å²) in [6.07, 6.45) is 13.3. The molecule has 234 valence electrons. The van der Waals surface area contributed by atoms with Gasteiger partial charge in [-0.25, -0.2) is 4.98 Å². The molecule has 0 unspecified atom stereocenters. The Labute approximate surface area is 265 Å². The number of nitrogens with one attached hydrogen (secondary N) is 1. The van der Waals surface area contributed by atoms with Gasteiger partial charge in [-0.2, -0.15) is 4.98 Å². The summed E-state index contributed by atoms with van der Waals surface area (Å²) in [7, 11) is 1.43. The van der Waals surface area contributed by atoms with Crippen LogP contribution >= 0.6 is 0 Å². The molecule has 2 aromatic carbocycles. The monoisotopic (exact) mass is 605 g/mol. The van der Waals surface area contributed by atoms with Gasteiger partial charge in [0.1, 0.15) is 5.82 Å². The molecule has 8 nitrogen and oxygen atoms in total. The molecule has 45 heavy (non-hydrogen) atoms. The van der Waals surface area contributed by atoms with E-state index in [2.05, 4.69) is 62.8 Å². The molecule has 8 heteroatoms. The summed E-state index contributed by atoms with van der Waals surface area (Å²) in [5.74, 6) is 3.98. The zero-order valence-corrected chi connectivity index (χ0v) is 26.2. The number of esters is 1. The van der Waals surface area contributed by atoms with Crippen molar-refractivity contribution in [3.63, 3.8) is 0 Å². The Bertz CT molecular complexity index is 1600. The molecule has 2 aromatic heterocycles. The fourth-order valence-corrected chi connectivity index (χ4v) is 7.25. The summed E-state index contributed by atoms with van der Waals surface area (Å²) < 4.78 is 10.3. The maximum Gasteiger partial charge on any atom is 0.309 e. The third-order valence-corrected chi connectivity index (χ3v) is 9.85. The highest BCUT2D eigenvalue weighted by molar-refractivity contribution is 5.74. The first kappa shape index (κ1) is 29.5. The van der Waals surface area contributed by atoms with Gasteiger partial charge in [0, 0.05) is 42.5 Å². The first-order valence-corrected chi connectivity index (χ1v) is 16.7. The Morgan fingerprint density at radius 3 is 2.64 bits per heavy atom. The lowest BCUT2D eigenvalue weighted by Gasteiger charge is -2.39. The Morgan fingerprint density at radius 1 is 0.956 bits per heavy atom. The van der Waals surface area contributed by atoms with Crippen LogP contribution in [-0.2, 0) is 16.0 Å². The Hall–Kier alpha value is -4.20. The number of benzene rings is 2. The highest BCUT2D eigenvalue weighted by atomic mass is 16.5. The van der Waals surface area contributed by atoms with Crippen LogP contribution < -0.4 is 10.2 Å². The van der Waals surface area contributed by atoms with Crippen molar-refractivity contribution < 1.29 is 14.1 Å². The van der Waals surface area contributed by atoms with Crippen molar-refractivity contribution >= 4 is 17.5 Å². The quantitative estimate of drug-likeness (QED) is 0.184. The molecule has 4 aromatic rings. The van der Waals surface area contributed by atoms with Crippen molar-refractivity contribution in [1.29, 1.82) is 0 Å². The van der Waals surface area contributed by atoms with Gasteiger partial charge in [-0.3, -0.25) is 4.79 Å². The minimum absolute atomic E-state index is 0.228. The van der Waals surface area contributed by atoms with E-state index < -0.39 is 0 Å². The van der Waals surface area contributed by atoms with E-state index in [1.807, 2.05) is 24.4 Å². The van der Waals surface area contributed by atoms with Crippen molar-refractivity contribution in [3.8, 4) is 22.5 Å². The smallest absolute Gasteiger partial charge is 0.309 e. The third-order valence-electron chi connectivity index (χ3n) is 9.85. The standard InChI is InChI=1S/C37H43N5O3/c1-44-35(43)22-25-6-4-9-29(20-25)30-17-18-38-34(23-30)39-33-10-3-2-8-31(33)21-26-7-5-19-42(24-26)32-15-13-27(14-16-32)36-40-37(45-41-36)28-11-12-28/h4,6,9,13-18,20,23,26,28,31,33H,2-3,5,7-8,10-12,19,21-22,24H2,1H3,(H,38,39)/t26-,31+,33-/m1/s1. The first-order chi connectivity index (χ1) is 22.1. The number of aromatic nitrogens is 3. The van der Waals surface area contributed by atoms with Crippen molar-refractivity contribution in [2.24, 2.45) is 11.8 Å². The van der Waals surface area contributed by atoms with Crippen LogP contribution in [-0.4, -0.2) is 47.3 Å². The van der Waals surface area contributed by atoms with E-state index in [1.54, 1.807) is 0 Å². The molecule has 2 aliphatic carbocycles. The van der Waals surface area contributed by atoms with Gasteiger partial charge in [-0.1, -0.05) is 42.3 Å². The lowest BCUT2D eigenvalue weighted by Crippen LogP contribution is -2.39. The molecular formula is C37H43N5O3. The second-order valence-electron chi connectivity index (χ2n) is 13.1. The molecule has 0 spiro atoms. The molecule has 2 saturated carbocycles. The summed E-state index contributed by atoms with van der Waals surface area (Å²) in [6, 6.07) is 21.5. The summed E-state index contributed by atoms with van der Waals surface area (Å²) >= 11 is 0. The molecule has 3 fully saturated rings. The van der Waals surface area contributed by atoms with Gasteiger partial charge in [-0.15, -0.1) is 0 Å². The normalized spacial score (nSPS) is 21.8. The van der Waals surface area contributed by atoms with Gasteiger partial charge in [0.15, 0.2) is 0 Å². The van der Waals surface area contributed by atoms with Crippen LogP contribution in [0.5, 0.6) is 0 Å². The van der Waals surface area contributed by atoms with Crippen molar-refractivity contribution in [2.75, 3.05) is 30.4 Å². The molecule has 3 aliphatic rings. The van der Waals surface area contributed by atoms with Gasteiger partial charge >= 0.3 is 5.97 Å². The molecule has 1 aliphatic heterocycles. The molecule has 3 atom stereocenters. The van der Waals surface area contributed by atoms with E-state index in [1.165, 1.54) is 57.7 Å². The summed E-state index contributed by atoms with van der Waals surface area (Å²) in [6.45, 7) is 2.21. The topological polar surface area (TPSA) is 93.4 Å². The summed E-state index contributed by atoms with van der Waals surface area (Å²) in [4.78, 5) is 23.7. The zero-order valence-electron chi connectivity index (χ0n) is 26.2. The predicted molar refractivity (Wildman–Crippen MR) is 176 cm³/mol. The molecule has 1 saturated heterocycles. The van der Waals surface area contributed by atoms with E-state index in [4.69, 9.17) is 14.2 Å². The summed E-state index contributed by atoms with van der Waals surface area (Å²) in [5.41, 5.74) is 5.43. The van der Waals surface area contributed by atoms with Crippen molar-refractivity contribution in [2.45, 2.75) is 76.2 Å². The molecule has 0 amide bonds. The number of ether oxygens (including phenoxy) is 1. The van der Waals surface area contributed by atoms with E-state index in [0.717, 1.165) is 59.9 Å². The first-order valence-electron chi connectivity index (χ1n) is 16.7. The number of hydrogen-bond donors (Lipinski definition) is 1. The van der Waals surface area contributed by atoms with Crippen LogP contribution in [0.1, 0.15) is 75.2 Å². The predicted octanol–water partition coefficient (Wildman–Crippen LogP) is 7.67. The van der Waals surface area contributed by atoms with Gasteiger partial charge in [0.25, 0.3) is 0 Å². The van der Waals surface area contributed by atoms with Gasteiger partial charge in [0.05, 0.1) is 13.5 Å². The second-order valence-corrected chi connectivity index (χ2v) is 13.1. The number of pyridine rings is 1. The zero-order chi connectivity index (χ0) is 30.6. The maximum atomic E-state index is 11.8. The van der Waals surface area contributed by atoms with Crippen LogP contribution in [0.3, 0.4) is 0 Å². The van der Waals surface area contributed by atoms with Gasteiger partial charge < -0.3 is 19.5 Å². The molecular weight excluding hydrogens is 562 g/mol. The summed E-state index contributed by atoms with van der Waals surface area (Å²) in [5, 5.41) is 8.06. The minimum atomic E-state index is -0.228. The number of carbonyl (C=O) groups is 1. The Balaban J connectivity index is 0.980. The van der Waals surface area contributed by atoms with Crippen LogP contribution in [0.15, 0.2) is 71.4 Å². The molecule has 0 bridgehead atoms. The van der Waals surface area contributed by atoms with Crippen LogP contribution in [0.4, 0.5) is 11.5 Å². The minimum Gasteiger partial charge on any atom is -0.469 e. The average Bonchev–Trinajstić information content (AvgIpc) is 3.82. The molecule has 1 N–H and O–H groups in total. The van der Waals surface area contributed by atoms with E-state index in [9.17, 15) is 4.79 Å². The van der Waals surface area contributed by atoms with Gasteiger partial charge in [-0.05, 0) is 110 Å². The highest BCUT2D eigenvalue weighted by Crippen LogP contribution is 2.40. The van der Waals surface area contributed by atoms with Crippen LogP contribution in [0, 0.1) is 11.8 Å². The second kappa shape index (κ2) is 13.4. The van der Waals surface area contributed by atoms with Crippen molar-refractivity contribution in [1.82, 2.24) is 15.1 Å². The van der Waals surface area contributed by atoms with Crippen molar-refractivity contribution in [3.05, 3.63) is 78.3 Å². The largest absolute Gasteiger partial charge is 0.469 e. The average molecular weight is 606 g/mol. The number of carbonyl (C=O) groups excluding carboxylic acids is 1. The fraction of sp³-hybridized carbons (Fsp3) is 0.459. The lowest BCUT2D eigenvalue weighted by atomic mass is 9.77. The number of hydrogen-bond acceptors (Lipinski definition) is 8. The number of anilines is 2. The van der Waals surface area contributed by atoms with E-state index in [-0.39, 0.29) is 12.4 Å². The Morgan fingerprint density at radius 2 is 1.80 bits per heavy atom. The third kappa shape index (κ3) is 7.21.